The van der Waals surface area contributed by atoms with Crippen molar-refractivity contribution in [3.05, 3.63) is 35.4 Å². The molecule has 0 heterocycles. The Hall–Kier alpha value is -1.41. The minimum Gasteiger partial charge on any atom is -0.394 e. The molecule has 4 heteroatoms. The first-order chi connectivity index (χ1) is 6.70. The molecule has 0 aliphatic heterocycles. The second-order valence-electron chi connectivity index (χ2n) is 2.89. The number of benzene rings is 1. The summed E-state index contributed by atoms with van der Waals surface area (Å²) in [5.74, 6) is 0. The predicted molar refractivity (Wildman–Crippen MR) is 49.2 cm³/mol. The second kappa shape index (κ2) is 4.72. The Morgan fingerprint density at radius 3 is 2.50 bits per heavy atom. The predicted octanol–water partition coefficient (Wildman–Crippen LogP) is -0.0551. The highest BCUT2D eigenvalue weighted by atomic mass is 16.4. The van der Waals surface area contributed by atoms with Crippen LogP contribution in [-0.2, 0) is 0 Å². The standard InChI is InChI=1S/C10H11NO3/c11-5-7-3-1-2-4-8(7)10(14)9(13)6-12/h1-4,9-10,12-14H,6H2. The van der Waals surface area contributed by atoms with E-state index < -0.39 is 18.8 Å². The van der Waals surface area contributed by atoms with Crippen molar-refractivity contribution in [3.8, 4) is 6.07 Å². The molecule has 0 spiro atoms. The molecule has 0 aliphatic rings. The number of nitriles is 1. The van der Waals surface area contributed by atoms with Crippen molar-refractivity contribution in [2.75, 3.05) is 6.61 Å². The van der Waals surface area contributed by atoms with Crippen LogP contribution in [0.2, 0.25) is 0 Å². The molecule has 1 aromatic carbocycles. The zero-order chi connectivity index (χ0) is 10.6. The molecular formula is C10H11NO3. The molecule has 14 heavy (non-hydrogen) atoms. The largest absolute Gasteiger partial charge is 0.394 e. The van der Waals surface area contributed by atoms with Crippen molar-refractivity contribution in [2.45, 2.75) is 12.2 Å². The monoisotopic (exact) mass is 193 g/mol. The number of hydrogen-bond donors (Lipinski definition) is 3. The van der Waals surface area contributed by atoms with E-state index >= 15 is 0 Å². The third kappa shape index (κ3) is 2.09. The molecule has 0 amide bonds. The van der Waals surface area contributed by atoms with E-state index in [-0.39, 0.29) is 0 Å². The van der Waals surface area contributed by atoms with Crippen LogP contribution in [-0.4, -0.2) is 28.0 Å². The Morgan fingerprint density at radius 1 is 1.29 bits per heavy atom. The molecule has 2 atom stereocenters. The number of nitrogens with zero attached hydrogens (tertiary/aromatic N) is 1. The normalized spacial score (nSPS) is 14.4. The van der Waals surface area contributed by atoms with Gasteiger partial charge in [0.25, 0.3) is 0 Å². The summed E-state index contributed by atoms with van der Waals surface area (Å²) < 4.78 is 0. The first-order valence-electron chi connectivity index (χ1n) is 4.16. The fraction of sp³-hybridized carbons (Fsp3) is 0.300. The molecule has 0 aromatic heterocycles. The Morgan fingerprint density at radius 2 is 1.93 bits per heavy atom. The third-order valence-corrected chi connectivity index (χ3v) is 1.95. The van der Waals surface area contributed by atoms with Gasteiger partial charge in [-0.1, -0.05) is 18.2 Å². The van der Waals surface area contributed by atoms with Crippen LogP contribution in [0, 0.1) is 11.3 Å². The van der Waals surface area contributed by atoms with Crippen LogP contribution < -0.4 is 0 Å². The van der Waals surface area contributed by atoms with Gasteiger partial charge in [0.05, 0.1) is 18.2 Å². The van der Waals surface area contributed by atoms with Crippen molar-refractivity contribution in [1.29, 1.82) is 5.26 Å². The number of rotatable bonds is 3. The van der Waals surface area contributed by atoms with Gasteiger partial charge in [-0.3, -0.25) is 0 Å². The fourth-order valence-corrected chi connectivity index (χ4v) is 1.16. The molecule has 0 bridgehead atoms. The van der Waals surface area contributed by atoms with Gasteiger partial charge in [0, 0.05) is 5.56 Å². The highest BCUT2D eigenvalue weighted by Crippen LogP contribution is 2.20. The summed E-state index contributed by atoms with van der Waals surface area (Å²) in [5, 5.41) is 36.1. The highest BCUT2D eigenvalue weighted by molar-refractivity contribution is 5.39. The lowest BCUT2D eigenvalue weighted by Crippen LogP contribution is -2.22. The van der Waals surface area contributed by atoms with Gasteiger partial charge in [0.2, 0.25) is 0 Å². The maximum atomic E-state index is 9.54. The molecule has 0 saturated heterocycles. The van der Waals surface area contributed by atoms with E-state index in [4.69, 9.17) is 10.4 Å². The summed E-state index contributed by atoms with van der Waals surface area (Å²) in [4.78, 5) is 0. The smallest absolute Gasteiger partial charge is 0.108 e. The van der Waals surface area contributed by atoms with E-state index in [1.165, 1.54) is 0 Å². The maximum Gasteiger partial charge on any atom is 0.108 e. The van der Waals surface area contributed by atoms with Gasteiger partial charge in [-0.2, -0.15) is 5.26 Å². The summed E-state index contributed by atoms with van der Waals surface area (Å²) in [5.41, 5.74) is 0.629. The van der Waals surface area contributed by atoms with Crippen molar-refractivity contribution in [3.63, 3.8) is 0 Å². The second-order valence-corrected chi connectivity index (χ2v) is 2.89. The summed E-state index contributed by atoms with van der Waals surface area (Å²) in [6, 6.07) is 8.31. The van der Waals surface area contributed by atoms with Crippen LogP contribution in [0.25, 0.3) is 0 Å². The summed E-state index contributed by atoms with van der Waals surface area (Å²) in [6.07, 6.45) is -2.49. The lowest BCUT2D eigenvalue weighted by atomic mass is 10.00. The van der Waals surface area contributed by atoms with Crippen LogP contribution in [0.5, 0.6) is 0 Å². The van der Waals surface area contributed by atoms with Gasteiger partial charge in [0.1, 0.15) is 12.2 Å². The van der Waals surface area contributed by atoms with E-state index in [0.717, 1.165) is 0 Å². The topological polar surface area (TPSA) is 84.5 Å². The van der Waals surface area contributed by atoms with Gasteiger partial charge in [-0.25, -0.2) is 0 Å². The molecule has 0 radical (unpaired) electrons. The zero-order valence-corrected chi connectivity index (χ0v) is 7.46. The van der Waals surface area contributed by atoms with E-state index in [9.17, 15) is 10.2 Å². The van der Waals surface area contributed by atoms with Crippen LogP contribution in [0.1, 0.15) is 17.2 Å². The van der Waals surface area contributed by atoms with Crippen LogP contribution in [0.3, 0.4) is 0 Å². The Balaban J connectivity index is 3.01. The van der Waals surface area contributed by atoms with E-state index in [2.05, 4.69) is 0 Å². The van der Waals surface area contributed by atoms with E-state index in [1.54, 1.807) is 24.3 Å². The molecule has 4 nitrogen and oxygen atoms in total. The first kappa shape index (κ1) is 10.7. The number of aliphatic hydroxyl groups is 3. The van der Waals surface area contributed by atoms with Gasteiger partial charge in [-0.15, -0.1) is 0 Å². The maximum absolute atomic E-state index is 9.54. The summed E-state index contributed by atoms with van der Waals surface area (Å²) in [7, 11) is 0. The molecule has 1 aromatic rings. The number of aliphatic hydroxyl groups excluding tert-OH is 3. The fourth-order valence-electron chi connectivity index (χ4n) is 1.16. The van der Waals surface area contributed by atoms with Crippen molar-refractivity contribution >= 4 is 0 Å². The minimum absolute atomic E-state index is 0.299. The summed E-state index contributed by atoms with van der Waals surface area (Å²) in [6.45, 7) is -0.541. The average molecular weight is 193 g/mol. The minimum atomic E-state index is -1.26. The van der Waals surface area contributed by atoms with E-state index in [0.29, 0.717) is 11.1 Å². The zero-order valence-electron chi connectivity index (χ0n) is 7.46. The van der Waals surface area contributed by atoms with Crippen molar-refractivity contribution in [2.24, 2.45) is 0 Å². The Bertz CT molecular complexity index is 345. The lowest BCUT2D eigenvalue weighted by Gasteiger charge is -2.16. The van der Waals surface area contributed by atoms with Gasteiger partial charge >= 0.3 is 0 Å². The quantitative estimate of drug-likeness (QED) is 0.628. The van der Waals surface area contributed by atoms with Crippen molar-refractivity contribution in [1.82, 2.24) is 0 Å². The molecule has 3 N–H and O–H groups in total. The van der Waals surface area contributed by atoms with Crippen LogP contribution in [0.15, 0.2) is 24.3 Å². The van der Waals surface area contributed by atoms with Gasteiger partial charge < -0.3 is 15.3 Å². The molecule has 0 aliphatic carbocycles. The van der Waals surface area contributed by atoms with E-state index in [1.807, 2.05) is 6.07 Å². The molecule has 0 fully saturated rings. The average Bonchev–Trinajstić information content (AvgIpc) is 2.26. The first-order valence-corrected chi connectivity index (χ1v) is 4.16. The lowest BCUT2D eigenvalue weighted by molar-refractivity contribution is -0.0153. The highest BCUT2D eigenvalue weighted by Gasteiger charge is 2.19. The molecule has 0 saturated carbocycles. The number of hydrogen-bond acceptors (Lipinski definition) is 4. The van der Waals surface area contributed by atoms with Gasteiger partial charge in [-0.05, 0) is 6.07 Å². The van der Waals surface area contributed by atoms with Crippen molar-refractivity contribution < 1.29 is 15.3 Å². The SMILES string of the molecule is N#Cc1ccccc1C(O)C(O)CO. The Kier molecular flexibility index (Phi) is 3.60. The molecule has 2 unspecified atom stereocenters. The molecular weight excluding hydrogens is 182 g/mol. The van der Waals surface area contributed by atoms with Gasteiger partial charge in [0.15, 0.2) is 0 Å². The van der Waals surface area contributed by atoms with Crippen LogP contribution in [0.4, 0.5) is 0 Å². The third-order valence-electron chi connectivity index (χ3n) is 1.95. The Labute approximate surface area is 81.7 Å². The molecule has 74 valence electrons. The molecule has 1 rings (SSSR count). The summed E-state index contributed by atoms with van der Waals surface area (Å²) >= 11 is 0. The van der Waals surface area contributed by atoms with Crippen LogP contribution >= 0.6 is 0 Å².